The van der Waals surface area contributed by atoms with Crippen LogP contribution in [0.5, 0.6) is 0 Å². The molecule has 0 aliphatic rings. The smallest absolute Gasteiger partial charge is 0.326 e. The summed E-state index contributed by atoms with van der Waals surface area (Å²) in [5.74, 6) is -2.86. The Morgan fingerprint density at radius 3 is 1.65 bits per heavy atom. The van der Waals surface area contributed by atoms with Gasteiger partial charge in [0.1, 0.15) is 12.3 Å². The van der Waals surface area contributed by atoms with Gasteiger partial charge in [0.05, 0.1) is 0 Å². The van der Waals surface area contributed by atoms with Crippen molar-refractivity contribution in [2.24, 2.45) is 0 Å². The predicted octanol–water partition coefficient (Wildman–Crippen LogP) is 1.57. The van der Waals surface area contributed by atoms with Gasteiger partial charge in [-0.2, -0.15) is 0 Å². The van der Waals surface area contributed by atoms with Crippen molar-refractivity contribution in [2.75, 3.05) is 39.5 Å². The molecule has 40 heavy (non-hydrogen) atoms. The van der Waals surface area contributed by atoms with E-state index in [2.05, 4.69) is 16.0 Å². The third-order valence-corrected chi connectivity index (χ3v) is 5.73. The van der Waals surface area contributed by atoms with E-state index in [0.717, 1.165) is 38.5 Å². The first-order valence-corrected chi connectivity index (χ1v) is 14.1. The molecular formula is C27H47N3O10. The SMILES string of the molecule is O=CCCC(NC(=O)CCC(=O)NCCCOCCCCOCCCNC(=O)CCCCCCC(=O)O)C(=O)O. The lowest BCUT2D eigenvalue weighted by Gasteiger charge is -2.13. The number of hydrogen-bond acceptors (Lipinski definition) is 8. The number of ether oxygens (including phenoxy) is 2. The standard InChI is InChI=1S/C27H47N3O10/c31-17-7-10-22(27(37)38)30-25(34)14-13-24(33)29-16-9-21-40-19-6-5-18-39-20-8-15-28-23(32)11-3-1-2-4-12-26(35)36/h17,22H,1-16,18-21H2,(H,28,32)(H,29,33)(H,30,34)(H,35,36)(H,37,38). The number of carboxylic acids is 2. The number of carbonyl (C=O) groups excluding carboxylic acids is 4. The Hall–Kier alpha value is -3.06. The Morgan fingerprint density at radius 2 is 1.12 bits per heavy atom. The molecule has 0 aromatic carbocycles. The number of nitrogens with one attached hydrogen (secondary N) is 3. The van der Waals surface area contributed by atoms with Crippen LogP contribution in [0.15, 0.2) is 0 Å². The zero-order valence-electron chi connectivity index (χ0n) is 23.5. The Kier molecular flexibility index (Phi) is 24.2. The van der Waals surface area contributed by atoms with Gasteiger partial charge in [-0.05, 0) is 44.9 Å². The number of amides is 3. The predicted molar refractivity (Wildman–Crippen MR) is 146 cm³/mol. The number of rotatable bonds is 28. The van der Waals surface area contributed by atoms with Gasteiger partial charge in [0.15, 0.2) is 0 Å². The van der Waals surface area contributed by atoms with Crippen molar-refractivity contribution in [1.82, 2.24) is 16.0 Å². The molecule has 0 radical (unpaired) electrons. The van der Waals surface area contributed by atoms with Crippen LogP contribution >= 0.6 is 0 Å². The van der Waals surface area contributed by atoms with Crippen molar-refractivity contribution in [1.29, 1.82) is 0 Å². The maximum absolute atomic E-state index is 11.8. The van der Waals surface area contributed by atoms with Crippen molar-refractivity contribution >= 4 is 35.9 Å². The Labute approximate surface area is 236 Å². The number of carboxylic acid groups (broad SMARTS) is 2. The van der Waals surface area contributed by atoms with Crippen LogP contribution in [0.3, 0.4) is 0 Å². The highest BCUT2D eigenvalue weighted by Gasteiger charge is 2.19. The van der Waals surface area contributed by atoms with Gasteiger partial charge < -0.3 is 40.4 Å². The van der Waals surface area contributed by atoms with E-state index in [0.29, 0.717) is 65.1 Å². The lowest BCUT2D eigenvalue weighted by atomic mass is 10.1. The largest absolute Gasteiger partial charge is 0.481 e. The molecule has 5 N–H and O–H groups in total. The zero-order chi connectivity index (χ0) is 29.8. The summed E-state index contributed by atoms with van der Waals surface area (Å²) in [4.78, 5) is 67.2. The van der Waals surface area contributed by atoms with Crippen molar-refractivity contribution in [3.05, 3.63) is 0 Å². The van der Waals surface area contributed by atoms with Gasteiger partial charge in [0.25, 0.3) is 0 Å². The molecule has 0 aromatic rings. The quantitative estimate of drug-likeness (QED) is 0.0676. The van der Waals surface area contributed by atoms with Crippen LogP contribution in [0.4, 0.5) is 0 Å². The summed E-state index contributed by atoms with van der Waals surface area (Å²) < 4.78 is 11.1. The fourth-order valence-electron chi connectivity index (χ4n) is 3.49. The molecule has 0 saturated heterocycles. The van der Waals surface area contributed by atoms with Crippen LogP contribution < -0.4 is 16.0 Å². The highest BCUT2D eigenvalue weighted by molar-refractivity contribution is 5.87. The molecule has 0 aliphatic carbocycles. The lowest BCUT2D eigenvalue weighted by molar-refractivity contribution is -0.142. The Bertz CT molecular complexity index is 748. The van der Waals surface area contributed by atoms with E-state index in [4.69, 9.17) is 19.7 Å². The molecule has 1 atom stereocenters. The van der Waals surface area contributed by atoms with Crippen molar-refractivity contribution in [2.45, 2.75) is 95.9 Å². The minimum absolute atomic E-state index is 0.00722. The van der Waals surface area contributed by atoms with Gasteiger partial charge in [-0.3, -0.25) is 19.2 Å². The average molecular weight is 574 g/mol. The third-order valence-electron chi connectivity index (χ3n) is 5.73. The van der Waals surface area contributed by atoms with E-state index in [9.17, 15) is 28.8 Å². The Morgan fingerprint density at radius 1 is 0.625 bits per heavy atom. The van der Waals surface area contributed by atoms with Crippen LogP contribution in [-0.4, -0.2) is 91.7 Å². The highest BCUT2D eigenvalue weighted by atomic mass is 16.5. The molecule has 0 fully saturated rings. The molecule has 13 heteroatoms. The van der Waals surface area contributed by atoms with Crippen LogP contribution in [-0.2, 0) is 38.2 Å². The van der Waals surface area contributed by atoms with E-state index in [1.165, 1.54) is 0 Å². The van der Waals surface area contributed by atoms with E-state index in [-0.39, 0.29) is 43.9 Å². The number of aliphatic carboxylic acids is 2. The molecule has 230 valence electrons. The maximum atomic E-state index is 11.8. The van der Waals surface area contributed by atoms with E-state index < -0.39 is 23.9 Å². The van der Waals surface area contributed by atoms with Gasteiger partial charge >= 0.3 is 11.9 Å². The molecule has 0 aliphatic heterocycles. The number of unbranched alkanes of at least 4 members (excludes halogenated alkanes) is 4. The second-order valence-corrected chi connectivity index (χ2v) is 9.35. The zero-order valence-corrected chi connectivity index (χ0v) is 23.5. The summed E-state index contributed by atoms with van der Waals surface area (Å²) in [5.41, 5.74) is 0. The summed E-state index contributed by atoms with van der Waals surface area (Å²) in [5, 5.41) is 25.4. The van der Waals surface area contributed by atoms with Crippen LogP contribution in [0, 0.1) is 0 Å². The molecular weight excluding hydrogens is 526 g/mol. The molecule has 0 aromatic heterocycles. The fourth-order valence-corrected chi connectivity index (χ4v) is 3.49. The molecule has 3 amide bonds. The Balaban J connectivity index is 3.46. The summed E-state index contributed by atoms with van der Waals surface area (Å²) in [6, 6.07) is -1.14. The third kappa shape index (κ3) is 25.2. The maximum Gasteiger partial charge on any atom is 0.326 e. The first-order chi connectivity index (χ1) is 19.3. The number of carbonyl (C=O) groups is 6. The fraction of sp³-hybridized carbons (Fsp3) is 0.778. The molecule has 0 heterocycles. The molecule has 1 unspecified atom stereocenters. The van der Waals surface area contributed by atoms with Gasteiger partial charge in [0, 0.05) is 71.6 Å². The van der Waals surface area contributed by atoms with Crippen molar-refractivity contribution < 1.29 is 48.5 Å². The molecule has 13 nitrogen and oxygen atoms in total. The minimum atomic E-state index is -1.22. The van der Waals surface area contributed by atoms with Crippen LogP contribution in [0.1, 0.15) is 89.9 Å². The summed E-state index contributed by atoms with van der Waals surface area (Å²) >= 11 is 0. The van der Waals surface area contributed by atoms with E-state index in [1.807, 2.05) is 0 Å². The van der Waals surface area contributed by atoms with E-state index >= 15 is 0 Å². The van der Waals surface area contributed by atoms with Gasteiger partial charge in [-0.15, -0.1) is 0 Å². The van der Waals surface area contributed by atoms with Crippen LogP contribution in [0.25, 0.3) is 0 Å². The van der Waals surface area contributed by atoms with Gasteiger partial charge in [0.2, 0.25) is 17.7 Å². The molecule has 0 rings (SSSR count). The monoisotopic (exact) mass is 573 g/mol. The summed E-state index contributed by atoms with van der Waals surface area (Å²) in [6.07, 6.45) is 7.22. The average Bonchev–Trinajstić information content (AvgIpc) is 2.91. The first kappa shape index (κ1) is 36.9. The van der Waals surface area contributed by atoms with Crippen LogP contribution in [0.2, 0.25) is 0 Å². The topological polar surface area (TPSA) is 197 Å². The van der Waals surface area contributed by atoms with Gasteiger partial charge in [-0.25, -0.2) is 4.79 Å². The second-order valence-electron chi connectivity index (χ2n) is 9.35. The highest BCUT2D eigenvalue weighted by Crippen LogP contribution is 2.05. The normalized spacial score (nSPS) is 11.4. The number of hydrogen-bond donors (Lipinski definition) is 5. The number of aldehydes is 1. The molecule has 0 saturated carbocycles. The van der Waals surface area contributed by atoms with Crippen molar-refractivity contribution in [3.63, 3.8) is 0 Å². The summed E-state index contributed by atoms with van der Waals surface area (Å²) in [6.45, 7) is 3.22. The second kappa shape index (κ2) is 26.2. The van der Waals surface area contributed by atoms with Gasteiger partial charge in [-0.1, -0.05) is 12.8 Å². The lowest BCUT2D eigenvalue weighted by Crippen LogP contribution is -2.41. The van der Waals surface area contributed by atoms with Crippen molar-refractivity contribution in [3.8, 4) is 0 Å². The first-order valence-electron chi connectivity index (χ1n) is 14.1. The molecule has 0 spiro atoms. The minimum Gasteiger partial charge on any atom is -0.481 e. The summed E-state index contributed by atoms with van der Waals surface area (Å²) in [7, 11) is 0. The molecule has 0 bridgehead atoms. The van der Waals surface area contributed by atoms with E-state index in [1.54, 1.807) is 0 Å².